The smallest absolute Gasteiger partial charge is 0.267 e. The minimum atomic E-state index is 0. The molecule has 0 aliphatic heterocycles. The molecule has 0 saturated heterocycles. The van der Waals surface area contributed by atoms with E-state index in [0.29, 0.717) is 11.6 Å². The Labute approximate surface area is 332 Å². The summed E-state index contributed by atoms with van der Waals surface area (Å²) in [6.45, 7) is 16.6. The number of hydrogen-bond acceptors (Lipinski definition) is 3. The average molecular weight is 888 g/mol. The summed E-state index contributed by atoms with van der Waals surface area (Å²) >= 11 is 0. The van der Waals surface area contributed by atoms with Gasteiger partial charge in [-0.1, -0.05) is 55.8 Å². The predicted molar refractivity (Wildman–Crippen MR) is 206 cm³/mol. The van der Waals surface area contributed by atoms with E-state index in [9.17, 15) is 0 Å². The molecular formula is C45H43IrN8-3. The number of benzene rings is 4. The Hall–Kier alpha value is -5.76. The molecule has 0 fully saturated rings. The summed E-state index contributed by atoms with van der Waals surface area (Å²) in [4.78, 5) is 8.19. The molecule has 0 aliphatic rings. The van der Waals surface area contributed by atoms with E-state index in [-0.39, 0.29) is 20.1 Å². The van der Waals surface area contributed by atoms with E-state index in [1.54, 1.807) is 13.1 Å². The predicted octanol–water partition coefficient (Wildman–Crippen LogP) is 7.67. The zero-order valence-corrected chi connectivity index (χ0v) is 34.3. The molecule has 8 nitrogen and oxygen atoms in total. The van der Waals surface area contributed by atoms with Gasteiger partial charge in [0.2, 0.25) is 0 Å². The second-order valence-corrected chi connectivity index (χ2v) is 13.0. The van der Waals surface area contributed by atoms with Crippen LogP contribution in [0.3, 0.4) is 0 Å². The number of pyridine rings is 1. The first kappa shape index (κ1) is 39.4. The summed E-state index contributed by atoms with van der Waals surface area (Å²) in [5.41, 5.74) is 13.5. The van der Waals surface area contributed by atoms with Crippen LogP contribution in [0.5, 0.6) is 0 Å². The fourth-order valence-corrected chi connectivity index (χ4v) is 5.77. The van der Waals surface area contributed by atoms with Gasteiger partial charge in [-0.05, 0) is 95.1 Å². The van der Waals surface area contributed by atoms with Gasteiger partial charge in [-0.3, -0.25) is 19.2 Å². The number of aryl methyl sites for hydroxylation is 4. The van der Waals surface area contributed by atoms with Crippen molar-refractivity contribution in [2.24, 2.45) is 0 Å². The largest absolute Gasteiger partial charge is 0.421 e. The Balaban J connectivity index is 0.000000160. The molecule has 0 bridgehead atoms. The summed E-state index contributed by atoms with van der Waals surface area (Å²) in [7, 11) is 0. The van der Waals surface area contributed by atoms with Crippen molar-refractivity contribution >= 4 is 0 Å². The van der Waals surface area contributed by atoms with Gasteiger partial charge in [-0.25, -0.2) is 0 Å². The molecule has 4 aromatic carbocycles. The number of nitrogens with zero attached hydrogens (tertiary/aromatic N) is 8. The third-order valence-electron chi connectivity index (χ3n) is 8.88. The number of imidazole rings is 2. The Morgan fingerprint density at radius 3 is 1.61 bits per heavy atom. The van der Waals surface area contributed by atoms with Crippen molar-refractivity contribution in [3.8, 4) is 34.3 Å². The fraction of sp³-hybridized carbons (Fsp3) is 0.178. The molecule has 0 atom stereocenters. The Morgan fingerprint density at radius 1 is 0.574 bits per heavy atom. The zero-order chi connectivity index (χ0) is 37.5. The molecule has 8 aromatic rings. The van der Waals surface area contributed by atoms with Gasteiger partial charge in [0.15, 0.2) is 0 Å². The number of para-hydroxylation sites is 1. The first-order chi connectivity index (χ1) is 25.6. The summed E-state index contributed by atoms with van der Waals surface area (Å²) < 4.78 is 8.34. The van der Waals surface area contributed by atoms with E-state index in [0.717, 1.165) is 28.4 Å². The summed E-state index contributed by atoms with van der Waals surface area (Å²) in [5.74, 6) is 1.27. The standard InChI is InChI=1S/C19H19N2.C18H17N2.C8H7N4.Ir/c1-14-7-5-9-18(11-14)20-13-21(17(4)16(20)3)19-10-6-8-15(2)12-19;1-14-8-7-11-18(12-14)20-13-19(15(2)16(20)3)17-9-5-4-6-10-17;1-6-10-8(12-11-6)7-4-2-3-5-9-7;/h5-9,11-12H,1-4H3;4-10,12H,1-3H3;2-5H,1H3;/q3*-1;. The molecule has 275 valence electrons. The topological polar surface area (TPSA) is 70.4 Å². The monoisotopic (exact) mass is 888 g/mol. The molecule has 4 heterocycles. The zero-order valence-electron chi connectivity index (χ0n) is 31.9. The third kappa shape index (κ3) is 9.23. The molecule has 1 radical (unpaired) electrons. The quantitative estimate of drug-likeness (QED) is 0.132. The minimum Gasteiger partial charge on any atom is -0.421 e. The van der Waals surface area contributed by atoms with Gasteiger partial charge in [-0.15, -0.1) is 0 Å². The van der Waals surface area contributed by atoms with Crippen LogP contribution < -0.4 is 14.2 Å². The molecule has 0 amide bonds. The average Bonchev–Trinajstić information content (AvgIpc) is 3.84. The van der Waals surface area contributed by atoms with Crippen LogP contribution in [0.25, 0.3) is 34.3 Å². The Morgan fingerprint density at radius 2 is 1.11 bits per heavy atom. The summed E-state index contributed by atoms with van der Waals surface area (Å²) in [6, 6.07) is 43.2. The normalized spacial score (nSPS) is 10.4. The fourth-order valence-electron chi connectivity index (χ4n) is 5.77. The van der Waals surface area contributed by atoms with Crippen molar-refractivity contribution in [2.75, 3.05) is 0 Å². The van der Waals surface area contributed by atoms with E-state index in [4.69, 9.17) is 0 Å². The van der Waals surface area contributed by atoms with Gasteiger partial charge >= 0.3 is 0 Å². The van der Waals surface area contributed by atoms with Crippen LogP contribution in [0, 0.1) is 80.2 Å². The van der Waals surface area contributed by atoms with Gasteiger partial charge in [0.1, 0.15) is 0 Å². The third-order valence-corrected chi connectivity index (χ3v) is 8.88. The van der Waals surface area contributed by atoms with Crippen molar-refractivity contribution < 1.29 is 29.2 Å². The Kier molecular flexibility index (Phi) is 13.0. The van der Waals surface area contributed by atoms with Crippen LogP contribution in [-0.4, -0.2) is 24.2 Å². The van der Waals surface area contributed by atoms with E-state index < -0.39 is 0 Å². The molecule has 8 rings (SSSR count). The van der Waals surface area contributed by atoms with E-state index >= 15 is 0 Å². The van der Waals surface area contributed by atoms with Crippen molar-refractivity contribution in [3.05, 3.63) is 185 Å². The molecule has 0 unspecified atom stereocenters. The van der Waals surface area contributed by atoms with Crippen molar-refractivity contribution in [3.63, 3.8) is 0 Å². The van der Waals surface area contributed by atoms with Crippen LogP contribution in [0.1, 0.15) is 45.3 Å². The first-order valence-electron chi connectivity index (χ1n) is 17.5. The van der Waals surface area contributed by atoms with E-state index in [2.05, 4.69) is 172 Å². The van der Waals surface area contributed by atoms with Crippen LogP contribution in [0.2, 0.25) is 0 Å². The Bertz CT molecular complexity index is 2380. The second-order valence-electron chi connectivity index (χ2n) is 13.0. The van der Waals surface area contributed by atoms with Crippen LogP contribution in [0.4, 0.5) is 0 Å². The molecule has 0 N–H and O–H groups in total. The molecular weight excluding hydrogens is 845 g/mol. The molecule has 54 heavy (non-hydrogen) atoms. The first-order valence-corrected chi connectivity index (χ1v) is 17.5. The number of hydrogen-bond donors (Lipinski definition) is 0. The van der Waals surface area contributed by atoms with Crippen LogP contribution >= 0.6 is 0 Å². The van der Waals surface area contributed by atoms with E-state index in [1.807, 2.05) is 48.5 Å². The minimum absolute atomic E-state index is 0. The van der Waals surface area contributed by atoms with E-state index in [1.165, 1.54) is 39.5 Å². The van der Waals surface area contributed by atoms with Crippen molar-refractivity contribution in [1.29, 1.82) is 0 Å². The maximum Gasteiger partial charge on any atom is 0.267 e. The van der Waals surface area contributed by atoms with Crippen molar-refractivity contribution in [1.82, 2.24) is 29.3 Å². The molecule has 9 heteroatoms. The molecule has 0 saturated carbocycles. The number of aromatic nitrogens is 8. The van der Waals surface area contributed by atoms with Crippen LogP contribution in [-0.2, 0) is 20.1 Å². The molecule has 0 spiro atoms. The maximum atomic E-state index is 4.10. The van der Waals surface area contributed by atoms with Gasteiger partial charge in [0.05, 0.1) is 28.5 Å². The molecule has 0 aliphatic carbocycles. The SMILES string of the molecule is Cc1cc[c-]c(-n2[c-][n+](-c3cccc(C)c3)c(C)c2C)c1.Cc1cc[c-]c(-n2[c-][n+](-c3ccccc3)c(C)c2C)c1.Cc1n[n-]c(-c2ccccn2)n1.[Ir]. The van der Waals surface area contributed by atoms with Gasteiger partial charge in [0, 0.05) is 43.5 Å². The summed E-state index contributed by atoms with van der Waals surface area (Å²) in [6.07, 6.45) is 8.56. The van der Waals surface area contributed by atoms with Gasteiger partial charge < -0.3 is 19.2 Å². The van der Waals surface area contributed by atoms with Crippen LogP contribution in [0.15, 0.2) is 115 Å². The van der Waals surface area contributed by atoms with Gasteiger partial charge in [0.25, 0.3) is 12.7 Å². The van der Waals surface area contributed by atoms with Gasteiger partial charge in [-0.2, -0.15) is 59.7 Å². The maximum absolute atomic E-state index is 4.10. The second kappa shape index (κ2) is 17.8. The summed E-state index contributed by atoms with van der Waals surface area (Å²) in [5, 5.41) is 7.65. The number of rotatable bonds is 5. The molecule has 4 aromatic heterocycles. The van der Waals surface area contributed by atoms with Crippen molar-refractivity contribution in [2.45, 2.75) is 55.4 Å².